The van der Waals surface area contributed by atoms with Crippen LogP contribution in [0, 0.1) is 0 Å². The Labute approximate surface area is 214 Å². The van der Waals surface area contributed by atoms with Gasteiger partial charge in [-0.15, -0.1) is 0 Å². The number of sulfonamides is 1. The topological polar surface area (TPSA) is 98.0 Å². The van der Waals surface area contributed by atoms with E-state index >= 15 is 0 Å². The summed E-state index contributed by atoms with van der Waals surface area (Å²) in [4.78, 5) is 8.78. The number of primary sulfonamides is 1. The van der Waals surface area contributed by atoms with Gasteiger partial charge < -0.3 is 5.32 Å². The van der Waals surface area contributed by atoms with Gasteiger partial charge in [0.25, 0.3) is 0 Å². The third kappa shape index (κ3) is 4.68. The average Bonchev–Trinajstić information content (AvgIpc) is 2.89. The normalized spacial score (nSPS) is 12.4. The summed E-state index contributed by atoms with van der Waals surface area (Å²) in [6.45, 7) is 2.06. The molecule has 0 aliphatic heterocycles. The molecule has 1 atom stereocenters. The molecular weight excluding hydrogens is 492 g/mol. The molecule has 0 radical (unpaired) electrons. The van der Waals surface area contributed by atoms with Gasteiger partial charge in [0.05, 0.1) is 0 Å². The maximum Gasteiger partial charge on any atom is 0.239 e. The first-order chi connectivity index (χ1) is 17.3. The van der Waals surface area contributed by atoms with Gasteiger partial charge in [0.1, 0.15) is 15.9 Å². The fourth-order valence-electron chi connectivity index (χ4n) is 4.32. The number of nitrogens with one attached hydrogen (secondary N) is 1. The van der Waals surface area contributed by atoms with Gasteiger partial charge in [-0.05, 0) is 35.1 Å². The average molecular weight is 515 g/mol. The summed E-state index contributed by atoms with van der Waals surface area (Å²) >= 11 is 6.78. The largest absolute Gasteiger partial charge is 0.363 e. The molecule has 5 rings (SSSR count). The Bertz CT molecular complexity index is 1660. The van der Waals surface area contributed by atoms with Crippen molar-refractivity contribution >= 4 is 38.2 Å². The summed E-state index contributed by atoms with van der Waals surface area (Å²) in [7, 11) is -3.94. The van der Waals surface area contributed by atoms with Crippen LogP contribution in [0.25, 0.3) is 33.0 Å². The number of fused-ring (bicyclic) bond motifs is 1. The third-order valence-corrected chi connectivity index (χ3v) is 7.21. The maximum absolute atomic E-state index is 12.0. The zero-order valence-corrected chi connectivity index (χ0v) is 21.0. The molecule has 0 saturated heterocycles. The van der Waals surface area contributed by atoms with Crippen LogP contribution in [0.5, 0.6) is 0 Å². The first-order valence-corrected chi connectivity index (χ1v) is 13.2. The predicted molar refractivity (Wildman–Crippen MR) is 145 cm³/mol. The first-order valence-electron chi connectivity index (χ1n) is 11.3. The number of anilines is 1. The minimum atomic E-state index is -3.94. The van der Waals surface area contributed by atoms with E-state index in [0.29, 0.717) is 16.9 Å². The van der Waals surface area contributed by atoms with Crippen molar-refractivity contribution in [2.24, 2.45) is 5.14 Å². The summed E-state index contributed by atoms with van der Waals surface area (Å²) in [5, 5.41) is 10.8. The fraction of sp³-hybridized carbons (Fsp3) is 0.0714. The van der Waals surface area contributed by atoms with Gasteiger partial charge in [0.15, 0.2) is 0 Å². The maximum atomic E-state index is 12.0. The van der Waals surface area contributed by atoms with Crippen LogP contribution < -0.4 is 10.5 Å². The second-order valence-electron chi connectivity index (χ2n) is 8.45. The number of halogens is 1. The number of rotatable bonds is 6. The highest BCUT2D eigenvalue weighted by Crippen LogP contribution is 2.42. The zero-order chi connectivity index (χ0) is 25.3. The highest BCUT2D eigenvalue weighted by molar-refractivity contribution is 7.89. The molecule has 0 fully saturated rings. The van der Waals surface area contributed by atoms with Gasteiger partial charge in [-0.25, -0.2) is 18.5 Å². The summed E-state index contributed by atoms with van der Waals surface area (Å²) < 4.78 is 24.0. The Kier molecular flexibility index (Phi) is 6.45. The molecule has 0 amide bonds. The molecule has 2 heterocycles. The SMILES string of the molecule is CC(Nc1nc(Cl)c(-c2cncc(S(N)(=O)=O)c2)c2cccc(-c3ccccc3)c12)c1ccccc1. The molecule has 0 spiro atoms. The Morgan fingerprint density at radius 3 is 2.28 bits per heavy atom. The van der Waals surface area contributed by atoms with Crippen molar-refractivity contribution in [2.75, 3.05) is 5.32 Å². The molecule has 2 aromatic heterocycles. The number of benzene rings is 3. The van der Waals surface area contributed by atoms with Crippen LogP contribution in [0.4, 0.5) is 5.82 Å². The lowest BCUT2D eigenvalue weighted by Crippen LogP contribution is -2.12. The van der Waals surface area contributed by atoms with Crippen molar-refractivity contribution in [2.45, 2.75) is 17.9 Å². The van der Waals surface area contributed by atoms with Crippen molar-refractivity contribution in [1.82, 2.24) is 9.97 Å². The van der Waals surface area contributed by atoms with Crippen LogP contribution in [-0.4, -0.2) is 18.4 Å². The molecule has 36 heavy (non-hydrogen) atoms. The second-order valence-corrected chi connectivity index (χ2v) is 10.4. The molecular formula is C28H23ClN4O2S. The van der Waals surface area contributed by atoms with Gasteiger partial charge in [-0.1, -0.05) is 90.5 Å². The molecule has 0 aliphatic rings. The van der Waals surface area contributed by atoms with Gasteiger partial charge in [-0.3, -0.25) is 4.98 Å². The number of hydrogen-bond acceptors (Lipinski definition) is 5. The molecule has 0 saturated carbocycles. The van der Waals surface area contributed by atoms with Gasteiger partial charge >= 0.3 is 0 Å². The van der Waals surface area contributed by atoms with Crippen LogP contribution in [0.3, 0.4) is 0 Å². The quantitative estimate of drug-likeness (QED) is 0.254. The van der Waals surface area contributed by atoms with Crippen LogP contribution in [0.1, 0.15) is 18.5 Å². The molecule has 0 bridgehead atoms. The second kappa shape index (κ2) is 9.70. The molecule has 0 aliphatic carbocycles. The summed E-state index contributed by atoms with van der Waals surface area (Å²) in [5.74, 6) is 0.630. The molecule has 3 N–H and O–H groups in total. The lowest BCUT2D eigenvalue weighted by molar-refractivity contribution is 0.597. The molecule has 8 heteroatoms. The highest BCUT2D eigenvalue weighted by Gasteiger charge is 2.21. The van der Waals surface area contributed by atoms with Crippen molar-refractivity contribution < 1.29 is 8.42 Å². The Morgan fingerprint density at radius 1 is 0.889 bits per heavy atom. The number of pyridine rings is 2. The van der Waals surface area contributed by atoms with E-state index in [1.54, 1.807) is 6.20 Å². The smallest absolute Gasteiger partial charge is 0.239 e. The molecule has 3 aromatic carbocycles. The van der Waals surface area contributed by atoms with Crippen LogP contribution in [0.15, 0.2) is 102 Å². The van der Waals surface area contributed by atoms with Crippen molar-refractivity contribution in [1.29, 1.82) is 0 Å². The molecule has 1 unspecified atom stereocenters. The van der Waals surface area contributed by atoms with E-state index in [1.807, 2.05) is 66.7 Å². The van der Waals surface area contributed by atoms with E-state index in [4.69, 9.17) is 21.7 Å². The molecule has 180 valence electrons. The van der Waals surface area contributed by atoms with Crippen LogP contribution in [-0.2, 0) is 10.0 Å². The minimum absolute atomic E-state index is 0.0416. The third-order valence-electron chi connectivity index (χ3n) is 6.05. The Balaban J connectivity index is 1.78. The van der Waals surface area contributed by atoms with Gasteiger partial charge in [0.2, 0.25) is 10.0 Å². The van der Waals surface area contributed by atoms with E-state index in [-0.39, 0.29) is 16.1 Å². The molecule has 6 nitrogen and oxygen atoms in total. The fourth-order valence-corrected chi connectivity index (χ4v) is 5.11. The van der Waals surface area contributed by atoms with Crippen molar-refractivity contribution in [3.05, 3.63) is 108 Å². The van der Waals surface area contributed by atoms with Crippen molar-refractivity contribution in [3.8, 4) is 22.3 Å². The van der Waals surface area contributed by atoms with Crippen LogP contribution >= 0.6 is 11.6 Å². The highest BCUT2D eigenvalue weighted by atomic mass is 35.5. The number of hydrogen-bond donors (Lipinski definition) is 2. The van der Waals surface area contributed by atoms with Gasteiger partial charge in [-0.2, -0.15) is 0 Å². The summed E-state index contributed by atoms with van der Waals surface area (Å²) in [6, 6.07) is 27.5. The summed E-state index contributed by atoms with van der Waals surface area (Å²) in [6.07, 6.45) is 2.78. The summed E-state index contributed by atoms with van der Waals surface area (Å²) in [5.41, 5.74) is 4.19. The minimum Gasteiger partial charge on any atom is -0.363 e. The number of nitrogens with zero attached hydrogens (tertiary/aromatic N) is 2. The van der Waals surface area contributed by atoms with E-state index < -0.39 is 10.0 Å². The monoisotopic (exact) mass is 514 g/mol. The van der Waals surface area contributed by atoms with Gasteiger partial charge in [0, 0.05) is 34.9 Å². The lowest BCUT2D eigenvalue weighted by atomic mass is 9.94. The van der Waals surface area contributed by atoms with Crippen LogP contribution in [0.2, 0.25) is 5.15 Å². The predicted octanol–water partition coefficient (Wildman–Crippen LogP) is 6.44. The van der Waals surface area contributed by atoms with E-state index in [1.165, 1.54) is 12.3 Å². The Hall–Kier alpha value is -3.78. The first kappa shape index (κ1) is 23.9. The van der Waals surface area contributed by atoms with E-state index in [0.717, 1.165) is 27.5 Å². The Morgan fingerprint density at radius 2 is 1.58 bits per heavy atom. The zero-order valence-electron chi connectivity index (χ0n) is 19.4. The number of nitrogens with two attached hydrogens (primary N) is 1. The van der Waals surface area contributed by atoms with Crippen molar-refractivity contribution in [3.63, 3.8) is 0 Å². The standard InChI is InChI=1S/C28H23ClN4O2S/c1-18(19-9-4-2-5-10-19)32-28-26-23(20-11-6-3-7-12-20)13-8-14-24(26)25(27(29)33-28)21-15-22(17-31-16-21)36(30,34)35/h2-18H,1H3,(H,32,33)(H2,30,34,35). The van der Waals surface area contributed by atoms with E-state index in [9.17, 15) is 8.42 Å². The number of aromatic nitrogens is 2. The lowest BCUT2D eigenvalue weighted by Gasteiger charge is -2.21. The molecule has 5 aromatic rings. The van der Waals surface area contributed by atoms with E-state index in [2.05, 4.69) is 29.4 Å².